The van der Waals surface area contributed by atoms with Crippen LogP contribution in [0, 0.1) is 12.7 Å². The van der Waals surface area contributed by atoms with Gasteiger partial charge in [0.05, 0.1) is 0 Å². The van der Waals surface area contributed by atoms with Crippen LogP contribution in [0.2, 0.25) is 0 Å². The summed E-state index contributed by atoms with van der Waals surface area (Å²) in [6.07, 6.45) is 1.59. The van der Waals surface area contributed by atoms with E-state index >= 15 is 0 Å². The topological polar surface area (TPSA) is 58.3 Å². The van der Waals surface area contributed by atoms with Crippen LogP contribution in [0.1, 0.15) is 36.9 Å². The molecule has 1 rings (SSSR count). The van der Waals surface area contributed by atoms with Crippen LogP contribution in [-0.4, -0.2) is 24.3 Å². The van der Waals surface area contributed by atoms with Gasteiger partial charge >= 0.3 is 0 Å². The molecule has 2 atom stereocenters. The number of nitrogens with one attached hydrogen (secondary N) is 1. The van der Waals surface area contributed by atoms with E-state index in [0.29, 0.717) is 13.0 Å². The average molecular weight is 254 g/mol. The Kier molecular flexibility index (Phi) is 6.25. The molecule has 1 aromatic rings. The number of aliphatic hydroxyl groups excluding tert-OH is 1. The molecule has 0 fully saturated rings. The summed E-state index contributed by atoms with van der Waals surface area (Å²) in [6.45, 7) is 4.56. The lowest BCUT2D eigenvalue weighted by Gasteiger charge is -2.25. The van der Waals surface area contributed by atoms with Crippen LogP contribution in [0.3, 0.4) is 0 Å². The van der Waals surface area contributed by atoms with Crippen molar-refractivity contribution in [3.8, 4) is 0 Å². The van der Waals surface area contributed by atoms with Gasteiger partial charge in [-0.15, -0.1) is 0 Å². The Balaban J connectivity index is 2.84. The minimum atomic E-state index is -0.244. The highest BCUT2D eigenvalue weighted by Crippen LogP contribution is 2.19. The zero-order valence-corrected chi connectivity index (χ0v) is 11.1. The molecule has 4 N–H and O–H groups in total. The minimum absolute atomic E-state index is 0.0720. The summed E-state index contributed by atoms with van der Waals surface area (Å²) >= 11 is 0. The number of benzene rings is 1. The molecule has 0 saturated heterocycles. The summed E-state index contributed by atoms with van der Waals surface area (Å²) < 4.78 is 13.3. The van der Waals surface area contributed by atoms with Crippen LogP contribution in [0.25, 0.3) is 0 Å². The van der Waals surface area contributed by atoms with Crippen molar-refractivity contribution in [3.05, 3.63) is 35.1 Å². The number of aryl methyl sites for hydroxylation is 1. The van der Waals surface area contributed by atoms with Crippen molar-refractivity contribution in [2.75, 3.05) is 13.2 Å². The third-order valence-corrected chi connectivity index (χ3v) is 3.26. The monoisotopic (exact) mass is 254 g/mol. The summed E-state index contributed by atoms with van der Waals surface area (Å²) in [4.78, 5) is 0. The van der Waals surface area contributed by atoms with Crippen LogP contribution in [0.15, 0.2) is 18.2 Å². The number of nitrogens with two attached hydrogens (primary N) is 1. The standard InChI is InChI=1S/C14H23FN2O/c1-3-12(6-7-18)17-14(9-16)13-8-11(15)5-4-10(13)2/h4-5,8,12,14,17-18H,3,6-7,9,16H2,1-2H3. The highest BCUT2D eigenvalue weighted by molar-refractivity contribution is 5.30. The van der Waals surface area contributed by atoms with Gasteiger partial charge in [0.15, 0.2) is 0 Å². The molecule has 0 heterocycles. The van der Waals surface area contributed by atoms with Gasteiger partial charge in [-0.05, 0) is 43.0 Å². The van der Waals surface area contributed by atoms with E-state index in [9.17, 15) is 4.39 Å². The molecule has 4 heteroatoms. The molecule has 0 saturated carbocycles. The van der Waals surface area contributed by atoms with Gasteiger partial charge < -0.3 is 16.2 Å². The predicted octanol–water partition coefficient (Wildman–Crippen LogP) is 1.88. The van der Waals surface area contributed by atoms with E-state index in [1.807, 2.05) is 6.92 Å². The summed E-state index contributed by atoms with van der Waals surface area (Å²) in [5.41, 5.74) is 7.70. The van der Waals surface area contributed by atoms with Gasteiger partial charge in [-0.1, -0.05) is 13.0 Å². The summed E-state index contributed by atoms with van der Waals surface area (Å²) in [7, 11) is 0. The van der Waals surface area contributed by atoms with E-state index in [2.05, 4.69) is 12.2 Å². The van der Waals surface area contributed by atoms with Crippen LogP contribution in [0.5, 0.6) is 0 Å². The number of hydrogen-bond donors (Lipinski definition) is 3. The molecule has 0 radical (unpaired) electrons. The third kappa shape index (κ3) is 4.05. The van der Waals surface area contributed by atoms with E-state index in [0.717, 1.165) is 17.5 Å². The Hall–Kier alpha value is -0.970. The van der Waals surface area contributed by atoms with Crippen molar-refractivity contribution in [1.82, 2.24) is 5.32 Å². The van der Waals surface area contributed by atoms with Crippen molar-refractivity contribution in [3.63, 3.8) is 0 Å². The molecule has 0 aliphatic heterocycles. The summed E-state index contributed by atoms with van der Waals surface area (Å²) in [5, 5.41) is 12.4. The van der Waals surface area contributed by atoms with Gasteiger partial charge in [-0.3, -0.25) is 0 Å². The second kappa shape index (κ2) is 7.46. The zero-order chi connectivity index (χ0) is 13.5. The van der Waals surface area contributed by atoms with Crippen molar-refractivity contribution in [2.45, 2.75) is 38.8 Å². The molecule has 0 spiro atoms. The lowest BCUT2D eigenvalue weighted by molar-refractivity contribution is 0.255. The zero-order valence-electron chi connectivity index (χ0n) is 11.1. The lowest BCUT2D eigenvalue weighted by atomic mass is 9.99. The van der Waals surface area contributed by atoms with E-state index in [1.54, 1.807) is 6.07 Å². The Labute approximate surface area is 108 Å². The number of rotatable bonds is 7. The van der Waals surface area contributed by atoms with Crippen LogP contribution in [0.4, 0.5) is 4.39 Å². The fourth-order valence-electron chi connectivity index (χ4n) is 2.12. The van der Waals surface area contributed by atoms with Crippen molar-refractivity contribution >= 4 is 0 Å². The maximum Gasteiger partial charge on any atom is 0.123 e. The van der Waals surface area contributed by atoms with E-state index in [1.165, 1.54) is 12.1 Å². The van der Waals surface area contributed by atoms with Gasteiger partial charge in [0.1, 0.15) is 5.82 Å². The minimum Gasteiger partial charge on any atom is -0.396 e. The normalized spacial score (nSPS) is 14.5. The Morgan fingerprint density at radius 3 is 2.72 bits per heavy atom. The van der Waals surface area contributed by atoms with E-state index < -0.39 is 0 Å². The van der Waals surface area contributed by atoms with Crippen LogP contribution in [-0.2, 0) is 0 Å². The van der Waals surface area contributed by atoms with Crippen molar-refractivity contribution < 1.29 is 9.50 Å². The third-order valence-electron chi connectivity index (χ3n) is 3.26. The number of hydrogen-bond acceptors (Lipinski definition) is 3. The molecule has 1 aromatic carbocycles. The van der Waals surface area contributed by atoms with Crippen LogP contribution < -0.4 is 11.1 Å². The summed E-state index contributed by atoms with van der Waals surface area (Å²) in [6, 6.07) is 4.88. The Morgan fingerprint density at radius 2 is 2.17 bits per heavy atom. The largest absolute Gasteiger partial charge is 0.396 e. The molecule has 2 unspecified atom stereocenters. The van der Waals surface area contributed by atoms with Gasteiger partial charge in [0, 0.05) is 25.2 Å². The Bertz CT molecular complexity index is 371. The predicted molar refractivity (Wildman–Crippen MR) is 71.8 cm³/mol. The second-order valence-electron chi connectivity index (χ2n) is 4.57. The average Bonchev–Trinajstić information content (AvgIpc) is 2.37. The summed E-state index contributed by atoms with van der Waals surface area (Å²) in [5.74, 6) is -0.244. The van der Waals surface area contributed by atoms with Crippen molar-refractivity contribution in [2.24, 2.45) is 5.73 Å². The number of aliphatic hydroxyl groups is 1. The first-order valence-electron chi connectivity index (χ1n) is 6.45. The molecule has 0 aromatic heterocycles. The van der Waals surface area contributed by atoms with Crippen molar-refractivity contribution in [1.29, 1.82) is 0 Å². The molecule has 0 amide bonds. The fourth-order valence-corrected chi connectivity index (χ4v) is 2.12. The highest BCUT2D eigenvalue weighted by atomic mass is 19.1. The first kappa shape index (κ1) is 15.1. The molecule has 102 valence electrons. The van der Waals surface area contributed by atoms with Gasteiger partial charge in [-0.25, -0.2) is 4.39 Å². The second-order valence-corrected chi connectivity index (χ2v) is 4.57. The smallest absolute Gasteiger partial charge is 0.123 e. The molecular formula is C14H23FN2O. The Morgan fingerprint density at radius 1 is 1.44 bits per heavy atom. The fraction of sp³-hybridized carbons (Fsp3) is 0.571. The molecule has 0 bridgehead atoms. The molecule has 0 aliphatic carbocycles. The molecule has 0 aliphatic rings. The lowest BCUT2D eigenvalue weighted by Crippen LogP contribution is -2.37. The maximum atomic E-state index is 13.3. The van der Waals surface area contributed by atoms with Gasteiger partial charge in [0.2, 0.25) is 0 Å². The van der Waals surface area contributed by atoms with E-state index in [-0.39, 0.29) is 24.5 Å². The quantitative estimate of drug-likeness (QED) is 0.696. The first-order chi connectivity index (χ1) is 8.62. The van der Waals surface area contributed by atoms with Gasteiger partial charge in [0.25, 0.3) is 0 Å². The maximum absolute atomic E-state index is 13.3. The highest BCUT2D eigenvalue weighted by Gasteiger charge is 2.16. The SMILES string of the molecule is CCC(CCO)NC(CN)c1cc(F)ccc1C. The molecule has 18 heavy (non-hydrogen) atoms. The first-order valence-corrected chi connectivity index (χ1v) is 6.45. The number of halogens is 1. The van der Waals surface area contributed by atoms with Gasteiger partial charge in [-0.2, -0.15) is 0 Å². The van der Waals surface area contributed by atoms with E-state index in [4.69, 9.17) is 10.8 Å². The van der Waals surface area contributed by atoms with Crippen LogP contribution >= 0.6 is 0 Å². The molecule has 3 nitrogen and oxygen atoms in total. The molecular weight excluding hydrogens is 231 g/mol.